The van der Waals surface area contributed by atoms with Crippen molar-refractivity contribution in [1.82, 2.24) is 0 Å². The summed E-state index contributed by atoms with van der Waals surface area (Å²) in [5.74, 6) is 4.05. The molecular formula is C33H50O3. The third-order valence-corrected chi connectivity index (χ3v) is 11.5. The van der Waals surface area contributed by atoms with E-state index >= 15 is 0 Å². The number of allylic oxidation sites excluding steroid dienone is 5. The van der Waals surface area contributed by atoms with E-state index in [9.17, 15) is 4.79 Å². The molecule has 36 heavy (non-hydrogen) atoms. The highest BCUT2D eigenvalue weighted by atomic mass is 16.6. The summed E-state index contributed by atoms with van der Waals surface area (Å²) in [5, 5.41) is 0. The van der Waals surface area contributed by atoms with Gasteiger partial charge in [-0.05, 0) is 97.7 Å². The van der Waals surface area contributed by atoms with Crippen LogP contribution in [0.5, 0.6) is 0 Å². The standard InChI is InChI=1S/C33H50O3/c1-21(2)22(3)9-10-23(4)27-13-14-28-26-12-11-24-20-25(36-31(34)30-8-7-19-35-30)15-17-32(24,5)29(26)16-18-33(27,28)6/h9-12,21-23,25,27-30H,7-8,13-20H2,1-6H3/b10-9+/t22?,23-,25+,27?,28?,29?,30?,32+,33-/m1/s1. The van der Waals surface area contributed by atoms with E-state index in [0.29, 0.717) is 35.7 Å². The predicted octanol–water partition coefficient (Wildman–Crippen LogP) is 8.06. The van der Waals surface area contributed by atoms with Crippen molar-refractivity contribution in [2.24, 2.45) is 46.3 Å². The largest absolute Gasteiger partial charge is 0.460 e. The van der Waals surface area contributed by atoms with Gasteiger partial charge in [0.15, 0.2) is 6.10 Å². The van der Waals surface area contributed by atoms with Crippen LogP contribution in [-0.4, -0.2) is 24.8 Å². The minimum atomic E-state index is -0.331. The van der Waals surface area contributed by atoms with Gasteiger partial charge in [-0.3, -0.25) is 0 Å². The highest BCUT2D eigenvalue weighted by Gasteiger charge is 2.57. The molecule has 1 aliphatic heterocycles. The second-order valence-electron chi connectivity index (χ2n) is 13.8. The maximum Gasteiger partial charge on any atom is 0.335 e. The van der Waals surface area contributed by atoms with Gasteiger partial charge in [0, 0.05) is 13.0 Å². The van der Waals surface area contributed by atoms with Crippen LogP contribution in [0.15, 0.2) is 35.5 Å². The van der Waals surface area contributed by atoms with Gasteiger partial charge in [-0.1, -0.05) is 77.0 Å². The zero-order valence-corrected chi connectivity index (χ0v) is 23.7. The molecule has 0 aromatic rings. The Hall–Kier alpha value is -1.35. The van der Waals surface area contributed by atoms with E-state index < -0.39 is 0 Å². The van der Waals surface area contributed by atoms with Gasteiger partial charge in [-0.25, -0.2) is 4.79 Å². The Labute approximate surface area is 220 Å². The summed E-state index contributed by atoms with van der Waals surface area (Å²) in [6, 6.07) is 0. The van der Waals surface area contributed by atoms with Crippen molar-refractivity contribution < 1.29 is 14.3 Å². The van der Waals surface area contributed by atoms with Crippen LogP contribution in [0.3, 0.4) is 0 Å². The molecule has 0 radical (unpaired) electrons. The maximum absolute atomic E-state index is 12.6. The van der Waals surface area contributed by atoms with E-state index in [1.54, 1.807) is 5.57 Å². The number of carbonyl (C=O) groups is 1. The third kappa shape index (κ3) is 4.56. The molecule has 1 saturated heterocycles. The molecule has 0 aromatic carbocycles. The van der Waals surface area contributed by atoms with E-state index in [-0.39, 0.29) is 23.6 Å². The Morgan fingerprint density at radius 1 is 1.00 bits per heavy atom. The first-order chi connectivity index (χ1) is 17.1. The number of fused-ring (bicyclic) bond motifs is 5. The summed E-state index contributed by atoms with van der Waals surface area (Å²) in [4.78, 5) is 12.6. The average molecular weight is 495 g/mol. The Bertz CT molecular complexity index is 921. The SMILES string of the molecule is CC(C)C(C)/C=C/[C@@H](C)C1CCC2C3=CC=C4C[C@@H](OC(=O)C5CCCO5)CC[C@]4(C)C3CC[C@@]21C. The molecule has 3 saturated carbocycles. The van der Waals surface area contributed by atoms with Gasteiger partial charge in [-0.2, -0.15) is 0 Å². The van der Waals surface area contributed by atoms with Crippen LogP contribution < -0.4 is 0 Å². The van der Waals surface area contributed by atoms with Crippen LogP contribution in [0, 0.1) is 46.3 Å². The van der Waals surface area contributed by atoms with Gasteiger partial charge in [0.1, 0.15) is 6.10 Å². The predicted molar refractivity (Wildman–Crippen MR) is 146 cm³/mol. The fourth-order valence-electron chi connectivity index (χ4n) is 8.68. The molecule has 0 bridgehead atoms. The number of hydrogen-bond donors (Lipinski definition) is 0. The van der Waals surface area contributed by atoms with E-state index in [0.717, 1.165) is 43.9 Å². The highest BCUT2D eigenvalue weighted by Crippen LogP contribution is 2.66. The first kappa shape index (κ1) is 26.3. The van der Waals surface area contributed by atoms with Crippen molar-refractivity contribution in [3.63, 3.8) is 0 Å². The third-order valence-electron chi connectivity index (χ3n) is 11.5. The van der Waals surface area contributed by atoms with Gasteiger partial charge in [-0.15, -0.1) is 0 Å². The fourth-order valence-corrected chi connectivity index (χ4v) is 8.68. The second-order valence-corrected chi connectivity index (χ2v) is 13.8. The summed E-state index contributed by atoms with van der Waals surface area (Å²) >= 11 is 0. The summed E-state index contributed by atoms with van der Waals surface area (Å²) in [6.45, 7) is 15.3. The summed E-state index contributed by atoms with van der Waals surface area (Å²) < 4.78 is 11.5. The van der Waals surface area contributed by atoms with Crippen molar-refractivity contribution in [2.75, 3.05) is 6.61 Å². The molecule has 5 rings (SSSR count). The minimum Gasteiger partial charge on any atom is -0.460 e. The Kier molecular flexibility index (Phi) is 7.36. The molecule has 4 aliphatic carbocycles. The number of carbonyl (C=O) groups excluding carboxylic acids is 1. The van der Waals surface area contributed by atoms with Crippen molar-refractivity contribution >= 4 is 5.97 Å². The van der Waals surface area contributed by atoms with Gasteiger partial charge in [0.2, 0.25) is 0 Å². The monoisotopic (exact) mass is 494 g/mol. The van der Waals surface area contributed by atoms with E-state index in [2.05, 4.69) is 65.8 Å². The first-order valence-electron chi connectivity index (χ1n) is 15.0. The number of ether oxygens (including phenoxy) is 2. The fraction of sp³-hybridized carbons (Fsp3) is 0.788. The Morgan fingerprint density at radius 3 is 2.53 bits per heavy atom. The Morgan fingerprint density at radius 2 is 1.81 bits per heavy atom. The van der Waals surface area contributed by atoms with Crippen LogP contribution in [0.1, 0.15) is 99.3 Å². The molecule has 0 N–H and O–H groups in total. The molecule has 5 aliphatic rings. The summed E-state index contributed by atoms with van der Waals surface area (Å²) in [7, 11) is 0. The lowest BCUT2D eigenvalue weighted by Gasteiger charge is -2.55. The van der Waals surface area contributed by atoms with E-state index in [1.807, 2.05) is 0 Å². The van der Waals surface area contributed by atoms with E-state index in [1.165, 1.54) is 31.3 Å². The smallest absolute Gasteiger partial charge is 0.335 e. The molecule has 200 valence electrons. The van der Waals surface area contributed by atoms with Crippen molar-refractivity contribution in [3.8, 4) is 0 Å². The van der Waals surface area contributed by atoms with Gasteiger partial charge in [0.05, 0.1) is 0 Å². The highest BCUT2D eigenvalue weighted by molar-refractivity contribution is 5.75. The number of rotatable bonds is 6. The summed E-state index contributed by atoms with van der Waals surface area (Å²) in [6.07, 6.45) is 19.8. The van der Waals surface area contributed by atoms with Crippen molar-refractivity contribution in [3.05, 3.63) is 35.5 Å². The molecule has 0 amide bonds. The van der Waals surface area contributed by atoms with Gasteiger partial charge in [0.25, 0.3) is 0 Å². The first-order valence-corrected chi connectivity index (χ1v) is 15.0. The lowest BCUT2D eigenvalue weighted by molar-refractivity contribution is -0.161. The quantitative estimate of drug-likeness (QED) is 0.277. The minimum absolute atomic E-state index is 0.0153. The second kappa shape index (κ2) is 10.1. The zero-order chi connectivity index (χ0) is 25.7. The molecule has 5 unspecified atom stereocenters. The lowest BCUT2D eigenvalue weighted by Crippen LogP contribution is -2.47. The van der Waals surface area contributed by atoms with Crippen LogP contribution in [-0.2, 0) is 14.3 Å². The molecule has 0 spiro atoms. The molecule has 1 heterocycles. The molecule has 9 atom stereocenters. The molecule has 3 nitrogen and oxygen atoms in total. The summed E-state index contributed by atoms with van der Waals surface area (Å²) in [5.41, 5.74) is 3.92. The topological polar surface area (TPSA) is 35.5 Å². The van der Waals surface area contributed by atoms with Crippen LogP contribution in [0.25, 0.3) is 0 Å². The Balaban J connectivity index is 1.30. The van der Waals surface area contributed by atoms with Crippen molar-refractivity contribution in [1.29, 1.82) is 0 Å². The molecule has 3 heteroatoms. The molecular weight excluding hydrogens is 444 g/mol. The number of esters is 1. The van der Waals surface area contributed by atoms with Crippen molar-refractivity contribution in [2.45, 2.75) is 112 Å². The normalized spacial score (nSPS) is 41.8. The van der Waals surface area contributed by atoms with Crippen LogP contribution in [0.2, 0.25) is 0 Å². The van der Waals surface area contributed by atoms with Crippen LogP contribution in [0.4, 0.5) is 0 Å². The lowest BCUT2D eigenvalue weighted by atomic mass is 9.50. The molecule has 4 fully saturated rings. The van der Waals surface area contributed by atoms with E-state index in [4.69, 9.17) is 9.47 Å². The number of hydrogen-bond acceptors (Lipinski definition) is 3. The molecule has 0 aromatic heterocycles. The zero-order valence-electron chi connectivity index (χ0n) is 23.7. The van der Waals surface area contributed by atoms with Crippen LogP contribution >= 0.6 is 0 Å². The maximum atomic E-state index is 12.6. The average Bonchev–Trinajstić information content (AvgIpc) is 3.50. The van der Waals surface area contributed by atoms with Gasteiger partial charge < -0.3 is 9.47 Å². The van der Waals surface area contributed by atoms with Gasteiger partial charge >= 0.3 is 5.97 Å².